The molecule has 6 heteroatoms. The lowest BCUT2D eigenvalue weighted by Crippen LogP contribution is -2.45. The summed E-state index contributed by atoms with van der Waals surface area (Å²) in [6, 6.07) is 5.96. The molecule has 1 aliphatic heterocycles. The number of carbonyl (C=O) groups excluding carboxylic acids is 1. The van der Waals surface area contributed by atoms with Crippen LogP contribution in [0, 0.1) is 12.8 Å². The maximum absolute atomic E-state index is 12.9. The molecule has 2 aromatic rings. The number of amides is 1. The Morgan fingerprint density at radius 3 is 2.86 bits per heavy atom. The SMILES string of the molecule is CCc1onc(C)c1-c1cccc([C@@H]2CN(C(=O)C3CCCCC3)CCO2)n1. The molecule has 0 bridgehead atoms. The van der Waals surface area contributed by atoms with Gasteiger partial charge in [0.15, 0.2) is 0 Å². The quantitative estimate of drug-likeness (QED) is 0.795. The van der Waals surface area contributed by atoms with E-state index in [4.69, 9.17) is 14.2 Å². The molecule has 28 heavy (non-hydrogen) atoms. The van der Waals surface area contributed by atoms with Crippen LogP contribution in [-0.2, 0) is 16.0 Å². The molecule has 6 nitrogen and oxygen atoms in total. The van der Waals surface area contributed by atoms with Gasteiger partial charge >= 0.3 is 0 Å². The van der Waals surface area contributed by atoms with Crippen molar-refractivity contribution in [1.82, 2.24) is 15.0 Å². The molecule has 1 atom stereocenters. The van der Waals surface area contributed by atoms with Crippen molar-refractivity contribution in [2.24, 2.45) is 5.92 Å². The monoisotopic (exact) mass is 383 g/mol. The van der Waals surface area contributed by atoms with Crippen LogP contribution in [0.2, 0.25) is 0 Å². The van der Waals surface area contributed by atoms with Gasteiger partial charge in [-0.25, -0.2) is 4.98 Å². The van der Waals surface area contributed by atoms with Crippen LogP contribution < -0.4 is 0 Å². The molecule has 1 saturated carbocycles. The lowest BCUT2D eigenvalue weighted by molar-refractivity contribution is -0.144. The first-order valence-corrected chi connectivity index (χ1v) is 10.5. The predicted octanol–water partition coefficient (Wildman–Crippen LogP) is 4.09. The van der Waals surface area contributed by atoms with Crippen molar-refractivity contribution >= 4 is 5.91 Å². The van der Waals surface area contributed by atoms with Gasteiger partial charge in [-0.3, -0.25) is 4.79 Å². The topological polar surface area (TPSA) is 68.5 Å². The van der Waals surface area contributed by atoms with Gasteiger partial charge in [0.05, 0.1) is 35.8 Å². The van der Waals surface area contributed by atoms with E-state index in [1.807, 2.05) is 36.9 Å². The van der Waals surface area contributed by atoms with Crippen LogP contribution in [0.15, 0.2) is 22.7 Å². The molecule has 2 aromatic heterocycles. The molecule has 0 spiro atoms. The molecular weight excluding hydrogens is 354 g/mol. The molecule has 0 aromatic carbocycles. The third-order valence-electron chi connectivity index (χ3n) is 5.94. The largest absolute Gasteiger partial charge is 0.368 e. The second-order valence-electron chi connectivity index (χ2n) is 7.85. The second kappa shape index (κ2) is 8.43. The molecule has 0 unspecified atom stereocenters. The molecule has 4 rings (SSSR count). The second-order valence-corrected chi connectivity index (χ2v) is 7.85. The fourth-order valence-corrected chi connectivity index (χ4v) is 4.39. The Labute approximate surface area is 166 Å². The van der Waals surface area contributed by atoms with E-state index >= 15 is 0 Å². The van der Waals surface area contributed by atoms with E-state index in [9.17, 15) is 4.79 Å². The van der Waals surface area contributed by atoms with Gasteiger partial charge < -0.3 is 14.2 Å². The first-order chi connectivity index (χ1) is 13.7. The summed E-state index contributed by atoms with van der Waals surface area (Å²) in [6.07, 6.45) is 6.24. The lowest BCUT2D eigenvalue weighted by Gasteiger charge is -2.35. The molecule has 1 saturated heterocycles. The summed E-state index contributed by atoms with van der Waals surface area (Å²) in [5.41, 5.74) is 3.53. The summed E-state index contributed by atoms with van der Waals surface area (Å²) >= 11 is 0. The van der Waals surface area contributed by atoms with Crippen molar-refractivity contribution in [2.45, 2.75) is 58.5 Å². The van der Waals surface area contributed by atoms with Gasteiger partial charge in [-0.2, -0.15) is 0 Å². The Morgan fingerprint density at radius 1 is 1.25 bits per heavy atom. The van der Waals surface area contributed by atoms with Crippen molar-refractivity contribution in [2.75, 3.05) is 19.7 Å². The van der Waals surface area contributed by atoms with E-state index in [-0.39, 0.29) is 12.0 Å². The number of carbonyl (C=O) groups is 1. The standard InChI is InChI=1S/C22H29N3O3/c1-3-19-21(15(2)24-28-19)18-11-7-10-17(23-18)20-14-25(12-13-27-20)22(26)16-8-5-4-6-9-16/h7,10-11,16,20H,3-6,8-9,12-14H2,1-2H3/t20-/m0/s1. The van der Waals surface area contributed by atoms with E-state index in [1.54, 1.807) is 0 Å². The first kappa shape index (κ1) is 19.1. The van der Waals surface area contributed by atoms with E-state index in [1.165, 1.54) is 19.3 Å². The minimum atomic E-state index is -0.188. The highest BCUT2D eigenvalue weighted by atomic mass is 16.5. The molecule has 0 N–H and O–H groups in total. The summed E-state index contributed by atoms with van der Waals surface area (Å²) in [4.78, 5) is 19.8. The van der Waals surface area contributed by atoms with Gasteiger partial charge in [-0.05, 0) is 31.9 Å². The fraction of sp³-hybridized carbons (Fsp3) is 0.591. The van der Waals surface area contributed by atoms with Crippen LogP contribution in [0.5, 0.6) is 0 Å². The molecule has 1 aliphatic carbocycles. The molecule has 1 amide bonds. The van der Waals surface area contributed by atoms with Gasteiger partial charge in [0, 0.05) is 18.9 Å². The normalized spacial score (nSPS) is 21.1. The summed E-state index contributed by atoms with van der Waals surface area (Å²) in [7, 11) is 0. The molecular formula is C22H29N3O3. The average Bonchev–Trinajstić information content (AvgIpc) is 3.14. The van der Waals surface area contributed by atoms with Crippen molar-refractivity contribution in [3.05, 3.63) is 35.3 Å². The smallest absolute Gasteiger partial charge is 0.225 e. The van der Waals surface area contributed by atoms with Gasteiger partial charge in [0.2, 0.25) is 5.91 Å². The zero-order valence-corrected chi connectivity index (χ0v) is 16.8. The number of nitrogens with zero attached hydrogens (tertiary/aromatic N) is 3. The molecule has 150 valence electrons. The molecule has 3 heterocycles. The number of rotatable bonds is 4. The number of ether oxygens (including phenoxy) is 1. The Morgan fingerprint density at radius 2 is 2.07 bits per heavy atom. The van der Waals surface area contributed by atoms with E-state index < -0.39 is 0 Å². The third-order valence-corrected chi connectivity index (χ3v) is 5.94. The van der Waals surface area contributed by atoms with Crippen molar-refractivity contribution in [1.29, 1.82) is 0 Å². The van der Waals surface area contributed by atoms with E-state index in [0.29, 0.717) is 25.6 Å². The zero-order valence-electron chi connectivity index (χ0n) is 16.8. The van der Waals surface area contributed by atoms with Gasteiger partial charge in [-0.15, -0.1) is 0 Å². The zero-order chi connectivity index (χ0) is 19.5. The number of aryl methyl sites for hydroxylation is 2. The van der Waals surface area contributed by atoms with Crippen LogP contribution >= 0.6 is 0 Å². The third kappa shape index (κ3) is 3.83. The first-order valence-electron chi connectivity index (χ1n) is 10.5. The highest BCUT2D eigenvalue weighted by Gasteiger charge is 2.31. The Kier molecular flexibility index (Phi) is 5.76. The number of morpholine rings is 1. The van der Waals surface area contributed by atoms with Crippen molar-refractivity contribution in [3.8, 4) is 11.3 Å². The Balaban J connectivity index is 1.52. The minimum absolute atomic E-state index is 0.188. The maximum Gasteiger partial charge on any atom is 0.225 e. The number of hydrogen-bond donors (Lipinski definition) is 0. The maximum atomic E-state index is 12.9. The van der Waals surface area contributed by atoms with Crippen LogP contribution in [0.3, 0.4) is 0 Å². The van der Waals surface area contributed by atoms with Crippen LogP contribution in [-0.4, -0.2) is 40.6 Å². The predicted molar refractivity (Wildman–Crippen MR) is 106 cm³/mol. The average molecular weight is 383 g/mol. The molecule has 2 fully saturated rings. The number of pyridine rings is 1. The highest BCUT2D eigenvalue weighted by Crippen LogP contribution is 2.30. The van der Waals surface area contributed by atoms with Crippen molar-refractivity contribution in [3.63, 3.8) is 0 Å². The lowest BCUT2D eigenvalue weighted by atomic mass is 9.88. The van der Waals surface area contributed by atoms with Crippen molar-refractivity contribution < 1.29 is 14.1 Å². The molecule has 2 aliphatic rings. The van der Waals surface area contributed by atoms with Gasteiger partial charge in [0.1, 0.15) is 11.9 Å². The van der Waals surface area contributed by atoms with Crippen LogP contribution in [0.4, 0.5) is 0 Å². The van der Waals surface area contributed by atoms with Gasteiger partial charge in [0.25, 0.3) is 0 Å². The number of aromatic nitrogens is 2. The summed E-state index contributed by atoms with van der Waals surface area (Å²) in [5.74, 6) is 1.34. The summed E-state index contributed by atoms with van der Waals surface area (Å²) < 4.78 is 11.4. The minimum Gasteiger partial charge on any atom is -0.368 e. The van der Waals surface area contributed by atoms with Crippen LogP contribution in [0.25, 0.3) is 11.3 Å². The fourth-order valence-electron chi connectivity index (χ4n) is 4.39. The van der Waals surface area contributed by atoms with Gasteiger partial charge in [-0.1, -0.05) is 37.4 Å². The molecule has 0 radical (unpaired) electrons. The summed E-state index contributed by atoms with van der Waals surface area (Å²) in [5, 5.41) is 4.09. The number of hydrogen-bond acceptors (Lipinski definition) is 5. The van der Waals surface area contributed by atoms with E-state index in [0.717, 1.165) is 47.7 Å². The Hall–Kier alpha value is -2.21. The highest BCUT2D eigenvalue weighted by molar-refractivity contribution is 5.79. The Bertz CT molecular complexity index is 826. The van der Waals surface area contributed by atoms with Crippen LogP contribution in [0.1, 0.15) is 62.3 Å². The van der Waals surface area contributed by atoms with E-state index in [2.05, 4.69) is 5.16 Å². The summed E-state index contributed by atoms with van der Waals surface area (Å²) in [6.45, 7) is 5.80.